The van der Waals surface area contributed by atoms with Gasteiger partial charge in [-0.1, -0.05) is 6.92 Å². The first-order chi connectivity index (χ1) is 16.5. The zero-order chi connectivity index (χ0) is 24.8. The maximum atomic E-state index is 12.3. The second-order valence-electron chi connectivity index (χ2n) is 13.4. The Morgan fingerprint density at radius 1 is 0.943 bits per heavy atom. The fourth-order valence-corrected chi connectivity index (χ4v) is 10.2. The van der Waals surface area contributed by atoms with Gasteiger partial charge >= 0.3 is 0 Å². The Morgan fingerprint density at radius 2 is 1.74 bits per heavy atom. The molecular formula is C28H47NO6. The summed E-state index contributed by atoms with van der Waals surface area (Å²) in [5.74, 6) is 0.408. The van der Waals surface area contributed by atoms with Gasteiger partial charge in [-0.05, 0) is 94.8 Å². The average molecular weight is 494 g/mol. The van der Waals surface area contributed by atoms with Gasteiger partial charge in [0, 0.05) is 24.9 Å². The smallest absolute Gasteiger partial charge is 0.166 e. The lowest BCUT2D eigenvalue weighted by Crippen LogP contribution is -2.63. The summed E-state index contributed by atoms with van der Waals surface area (Å²) in [6.45, 7) is 6.82. The summed E-state index contributed by atoms with van der Waals surface area (Å²) in [6.07, 6.45) is 9.80. The minimum absolute atomic E-state index is 0.0288. The monoisotopic (exact) mass is 493 g/mol. The number of aliphatic hydroxyl groups is 2. The number of rotatable bonds is 3. The average Bonchev–Trinajstić information content (AvgIpc) is 3.28. The van der Waals surface area contributed by atoms with Crippen molar-refractivity contribution >= 4 is 0 Å². The zero-order valence-corrected chi connectivity index (χ0v) is 22.1. The van der Waals surface area contributed by atoms with Crippen LogP contribution in [0.2, 0.25) is 0 Å². The van der Waals surface area contributed by atoms with Crippen LogP contribution in [0.25, 0.3) is 0 Å². The molecule has 0 amide bonds. The summed E-state index contributed by atoms with van der Waals surface area (Å²) >= 11 is 0. The molecule has 2 heterocycles. The van der Waals surface area contributed by atoms with E-state index < -0.39 is 11.4 Å². The fourth-order valence-electron chi connectivity index (χ4n) is 10.2. The highest BCUT2D eigenvalue weighted by atomic mass is 16.7. The Hall–Kier alpha value is -0.280. The lowest BCUT2D eigenvalue weighted by molar-refractivity contribution is -0.255. The Labute approximate surface area is 210 Å². The highest BCUT2D eigenvalue weighted by molar-refractivity contribution is 5.21. The topological polar surface area (TPSA) is 103 Å². The third-order valence-electron chi connectivity index (χ3n) is 12.2. The van der Waals surface area contributed by atoms with Crippen LogP contribution in [-0.2, 0) is 18.9 Å². The van der Waals surface area contributed by atoms with E-state index in [9.17, 15) is 10.2 Å². The molecule has 0 bridgehead atoms. The van der Waals surface area contributed by atoms with Crippen molar-refractivity contribution in [2.75, 3.05) is 13.7 Å². The van der Waals surface area contributed by atoms with E-state index in [1.807, 2.05) is 13.8 Å². The molecule has 6 fully saturated rings. The number of hydrogen-bond donors (Lipinski definition) is 3. The molecule has 6 aliphatic rings. The van der Waals surface area contributed by atoms with Crippen molar-refractivity contribution in [1.29, 1.82) is 0 Å². The molecule has 0 aromatic carbocycles. The summed E-state index contributed by atoms with van der Waals surface area (Å²) in [5.41, 5.74) is 5.50. The van der Waals surface area contributed by atoms with Gasteiger partial charge < -0.3 is 34.9 Å². The molecule has 4 saturated carbocycles. The van der Waals surface area contributed by atoms with Gasteiger partial charge in [0.15, 0.2) is 12.1 Å². The second-order valence-corrected chi connectivity index (χ2v) is 13.4. The van der Waals surface area contributed by atoms with Crippen LogP contribution in [0.4, 0.5) is 0 Å². The molecule has 0 radical (unpaired) electrons. The molecule has 2 aliphatic heterocycles. The molecule has 7 heteroatoms. The van der Waals surface area contributed by atoms with E-state index in [1.165, 1.54) is 0 Å². The normalized spacial score (nSPS) is 59.9. The van der Waals surface area contributed by atoms with E-state index in [1.54, 1.807) is 7.11 Å². The van der Waals surface area contributed by atoms with Crippen LogP contribution in [0.1, 0.15) is 85.0 Å². The Morgan fingerprint density at radius 3 is 2.51 bits per heavy atom. The van der Waals surface area contributed by atoms with Crippen LogP contribution >= 0.6 is 0 Å². The fraction of sp³-hybridized carbons (Fsp3) is 1.00. The van der Waals surface area contributed by atoms with Crippen LogP contribution < -0.4 is 5.73 Å². The third-order valence-corrected chi connectivity index (χ3v) is 12.2. The van der Waals surface area contributed by atoms with Crippen LogP contribution in [0.3, 0.4) is 0 Å². The van der Waals surface area contributed by atoms with Crippen molar-refractivity contribution in [2.24, 2.45) is 40.2 Å². The van der Waals surface area contributed by atoms with Gasteiger partial charge in [0.2, 0.25) is 0 Å². The molecule has 0 aromatic rings. The summed E-state index contributed by atoms with van der Waals surface area (Å²) in [7, 11) is 1.72. The SMILES string of the molecule is COC1C[C@H](O[C@H]2CC[C@@]3(C)C(CCC4C3CC[C@]35CO[C@](C)(O)[C@H]3CC[C@]45O)C2)OC(C)[C@H]1N. The number of ether oxygens (including phenoxy) is 4. The predicted molar refractivity (Wildman–Crippen MR) is 130 cm³/mol. The maximum absolute atomic E-state index is 12.3. The first-order valence-corrected chi connectivity index (χ1v) is 14.2. The predicted octanol–water partition coefficient (Wildman–Crippen LogP) is 3.34. The summed E-state index contributed by atoms with van der Waals surface area (Å²) in [4.78, 5) is 0. The first kappa shape index (κ1) is 25.0. The quantitative estimate of drug-likeness (QED) is 0.518. The summed E-state index contributed by atoms with van der Waals surface area (Å²) < 4.78 is 24.2. The second kappa shape index (κ2) is 8.36. The molecule has 200 valence electrons. The summed E-state index contributed by atoms with van der Waals surface area (Å²) in [6, 6.07) is -0.116. The lowest BCUT2D eigenvalue weighted by atomic mass is 9.43. The van der Waals surface area contributed by atoms with E-state index in [-0.39, 0.29) is 47.4 Å². The number of hydrogen-bond acceptors (Lipinski definition) is 7. The number of fused-ring (bicyclic) bond motifs is 4. The van der Waals surface area contributed by atoms with Crippen molar-refractivity contribution < 1.29 is 29.2 Å². The van der Waals surface area contributed by atoms with Gasteiger partial charge in [-0.2, -0.15) is 0 Å². The van der Waals surface area contributed by atoms with Gasteiger partial charge in [-0.3, -0.25) is 0 Å². The minimum Gasteiger partial charge on any atom is -0.389 e. The van der Waals surface area contributed by atoms with Crippen LogP contribution in [-0.4, -0.2) is 66.0 Å². The highest BCUT2D eigenvalue weighted by Gasteiger charge is 2.74. The number of methoxy groups -OCH3 is 1. The van der Waals surface area contributed by atoms with Gasteiger partial charge in [0.05, 0.1) is 36.6 Å². The molecule has 7 nitrogen and oxygen atoms in total. The highest BCUT2D eigenvalue weighted by Crippen LogP contribution is 2.72. The van der Waals surface area contributed by atoms with Crippen LogP contribution in [0.5, 0.6) is 0 Å². The van der Waals surface area contributed by atoms with Crippen molar-refractivity contribution in [3.63, 3.8) is 0 Å². The third kappa shape index (κ3) is 3.48. The molecule has 2 saturated heterocycles. The van der Waals surface area contributed by atoms with Crippen molar-refractivity contribution in [3.8, 4) is 0 Å². The Balaban J connectivity index is 1.15. The lowest BCUT2D eigenvalue weighted by Gasteiger charge is -2.63. The first-order valence-electron chi connectivity index (χ1n) is 14.2. The molecule has 4 aliphatic carbocycles. The molecular weight excluding hydrogens is 446 g/mol. The van der Waals surface area contributed by atoms with Gasteiger partial charge in [-0.15, -0.1) is 0 Å². The van der Waals surface area contributed by atoms with Crippen molar-refractivity contribution in [1.82, 2.24) is 0 Å². The van der Waals surface area contributed by atoms with Crippen molar-refractivity contribution in [2.45, 2.75) is 127 Å². The molecule has 0 aromatic heterocycles. The van der Waals surface area contributed by atoms with Crippen LogP contribution in [0, 0.1) is 34.5 Å². The van der Waals surface area contributed by atoms with Gasteiger partial charge in [0.1, 0.15) is 0 Å². The molecule has 5 unspecified atom stereocenters. The van der Waals surface area contributed by atoms with Crippen LogP contribution in [0.15, 0.2) is 0 Å². The minimum atomic E-state index is -1.10. The summed E-state index contributed by atoms with van der Waals surface area (Å²) in [5, 5.41) is 23.2. The molecule has 4 N–H and O–H groups in total. The van der Waals surface area contributed by atoms with E-state index in [0.717, 1.165) is 57.8 Å². The Kier molecular flexibility index (Phi) is 5.98. The largest absolute Gasteiger partial charge is 0.389 e. The van der Waals surface area contributed by atoms with Gasteiger partial charge in [0.25, 0.3) is 0 Å². The molecule has 13 atom stereocenters. The van der Waals surface area contributed by atoms with Crippen molar-refractivity contribution in [3.05, 3.63) is 0 Å². The molecule has 6 rings (SSSR count). The van der Waals surface area contributed by atoms with E-state index in [4.69, 9.17) is 24.7 Å². The zero-order valence-electron chi connectivity index (χ0n) is 22.1. The molecule has 1 spiro atoms. The Bertz CT molecular complexity index is 823. The van der Waals surface area contributed by atoms with E-state index in [0.29, 0.717) is 30.8 Å². The van der Waals surface area contributed by atoms with E-state index in [2.05, 4.69) is 6.92 Å². The number of nitrogens with two attached hydrogens (primary N) is 1. The van der Waals surface area contributed by atoms with Gasteiger partial charge in [-0.25, -0.2) is 0 Å². The van der Waals surface area contributed by atoms with E-state index >= 15 is 0 Å². The standard InChI is InChI=1S/C28H47NO6/c1-16-24(29)21(32-4)14-23(34-16)35-18-7-10-25(2)17(13-18)5-6-20-19(25)8-11-27-15-33-26(3,30)22(27)9-12-28(20,27)31/h16-24,30-31H,5-15,29H2,1-4H3/t16?,17?,18-,19?,20?,21?,22+,23-,24+,25-,26-,27-,28-/m0/s1. The molecule has 35 heavy (non-hydrogen) atoms. The maximum Gasteiger partial charge on any atom is 0.166 e.